The number of ether oxygens (including phenoxy) is 1. The van der Waals surface area contributed by atoms with Crippen LogP contribution in [0.25, 0.3) is 4.96 Å². The molecule has 0 radical (unpaired) electrons. The summed E-state index contributed by atoms with van der Waals surface area (Å²) in [4.78, 5) is 10.9. The first-order valence-corrected chi connectivity index (χ1v) is 10.1. The molecular formula is C19H25N5O2S. The second-order valence-electron chi connectivity index (χ2n) is 6.79. The summed E-state index contributed by atoms with van der Waals surface area (Å²) in [5, 5.41) is 15.2. The molecule has 0 saturated carbocycles. The van der Waals surface area contributed by atoms with Gasteiger partial charge in [0.1, 0.15) is 11.6 Å². The van der Waals surface area contributed by atoms with Crippen molar-refractivity contribution >= 4 is 16.3 Å². The van der Waals surface area contributed by atoms with E-state index in [4.69, 9.17) is 4.74 Å². The molecule has 7 nitrogen and oxygen atoms in total. The van der Waals surface area contributed by atoms with Gasteiger partial charge in [-0.2, -0.15) is 4.52 Å². The lowest BCUT2D eigenvalue weighted by Crippen LogP contribution is -2.47. The zero-order valence-corrected chi connectivity index (χ0v) is 16.7. The molecule has 1 aliphatic heterocycles. The fourth-order valence-corrected chi connectivity index (χ4v) is 4.84. The first-order chi connectivity index (χ1) is 13.1. The van der Waals surface area contributed by atoms with Crippen LogP contribution in [0.5, 0.6) is 11.6 Å². The minimum absolute atomic E-state index is 0.0243. The number of likely N-dealkylation sites (N-methyl/N-ethyl adjacent to an activating group) is 1. The van der Waals surface area contributed by atoms with Gasteiger partial charge >= 0.3 is 0 Å². The Morgan fingerprint density at radius 1 is 1.19 bits per heavy atom. The van der Waals surface area contributed by atoms with Gasteiger partial charge in [0.2, 0.25) is 10.8 Å². The number of aryl methyl sites for hydroxylation is 1. The van der Waals surface area contributed by atoms with Crippen LogP contribution in [0.1, 0.15) is 29.2 Å². The van der Waals surface area contributed by atoms with Gasteiger partial charge in [0, 0.05) is 26.2 Å². The molecule has 2 aromatic heterocycles. The molecule has 8 heteroatoms. The molecule has 1 aliphatic rings. The maximum absolute atomic E-state index is 10.9. The Morgan fingerprint density at radius 2 is 1.89 bits per heavy atom. The van der Waals surface area contributed by atoms with Crippen LogP contribution in [0.4, 0.5) is 0 Å². The highest BCUT2D eigenvalue weighted by molar-refractivity contribution is 7.17. The number of aromatic nitrogens is 3. The summed E-state index contributed by atoms with van der Waals surface area (Å²) in [7, 11) is 1.67. The van der Waals surface area contributed by atoms with Gasteiger partial charge in [0.25, 0.3) is 0 Å². The Kier molecular flexibility index (Phi) is 5.03. The number of rotatable bonds is 5. The number of aromatic hydroxyl groups is 1. The molecule has 4 rings (SSSR count). The zero-order chi connectivity index (χ0) is 19.0. The van der Waals surface area contributed by atoms with E-state index in [0.29, 0.717) is 5.82 Å². The summed E-state index contributed by atoms with van der Waals surface area (Å²) in [6.07, 6.45) is 0. The van der Waals surface area contributed by atoms with Gasteiger partial charge in [-0.3, -0.25) is 4.90 Å². The molecule has 0 amide bonds. The number of hydrogen-bond acceptors (Lipinski definition) is 7. The smallest absolute Gasteiger partial charge is 0.230 e. The molecule has 1 saturated heterocycles. The number of piperazine rings is 1. The van der Waals surface area contributed by atoms with Gasteiger partial charge in [-0.1, -0.05) is 30.4 Å². The third-order valence-corrected chi connectivity index (χ3v) is 6.28. The number of hydrogen-bond donors (Lipinski definition) is 1. The van der Waals surface area contributed by atoms with Crippen LogP contribution in [0, 0.1) is 6.92 Å². The lowest BCUT2D eigenvalue weighted by molar-refractivity contribution is 0.113. The SMILES string of the molecule is CCN1CCN([C@H](c2ccc(OC)cc2)c2sc3nc(C)nn3c2O)CC1. The molecule has 0 bridgehead atoms. The largest absolute Gasteiger partial charge is 0.497 e. The summed E-state index contributed by atoms with van der Waals surface area (Å²) < 4.78 is 6.86. The second kappa shape index (κ2) is 7.46. The van der Waals surface area contributed by atoms with Crippen LogP contribution in [0.3, 0.4) is 0 Å². The molecule has 0 aliphatic carbocycles. The van der Waals surface area contributed by atoms with Crippen molar-refractivity contribution in [2.45, 2.75) is 19.9 Å². The van der Waals surface area contributed by atoms with E-state index in [9.17, 15) is 5.11 Å². The quantitative estimate of drug-likeness (QED) is 0.726. The molecule has 1 aromatic carbocycles. The number of fused-ring (bicyclic) bond motifs is 1. The highest BCUT2D eigenvalue weighted by atomic mass is 32.1. The van der Waals surface area contributed by atoms with Crippen LogP contribution >= 0.6 is 11.3 Å². The van der Waals surface area contributed by atoms with Crippen molar-refractivity contribution < 1.29 is 9.84 Å². The van der Waals surface area contributed by atoms with Crippen LogP contribution in [-0.2, 0) is 0 Å². The average Bonchev–Trinajstić information content (AvgIpc) is 3.20. The second-order valence-corrected chi connectivity index (χ2v) is 7.80. The van der Waals surface area contributed by atoms with Crippen LogP contribution in [-0.4, -0.2) is 69.3 Å². The molecule has 0 unspecified atom stereocenters. The number of benzene rings is 1. The van der Waals surface area contributed by atoms with Gasteiger partial charge in [0.15, 0.2) is 0 Å². The molecule has 3 aromatic rings. The van der Waals surface area contributed by atoms with Gasteiger partial charge in [0.05, 0.1) is 18.0 Å². The minimum Gasteiger partial charge on any atom is -0.497 e. The Labute approximate surface area is 162 Å². The standard InChI is InChI=1S/C19H25N5O2S/c1-4-22-9-11-23(12-10-22)16(14-5-7-15(26-3)8-6-14)17-18(25)24-19(27-17)20-13(2)21-24/h5-8,16,25H,4,9-12H2,1-3H3/t16-/m1/s1. The Balaban J connectivity index is 1.74. The van der Waals surface area contributed by atoms with E-state index in [-0.39, 0.29) is 11.9 Å². The van der Waals surface area contributed by atoms with E-state index in [1.165, 1.54) is 11.3 Å². The van der Waals surface area contributed by atoms with Gasteiger partial charge < -0.3 is 14.7 Å². The number of nitrogens with zero attached hydrogens (tertiary/aromatic N) is 5. The average molecular weight is 388 g/mol. The Bertz CT molecular complexity index is 912. The van der Waals surface area contributed by atoms with E-state index < -0.39 is 0 Å². The van der Waals surface area contributed by atoms with Gasteiger partial charge in [-0.05, 0) is 31.2 Å². The molecule has 1 atom stereocenters. The molecule has 0 spiro atoms. The van der Waals surface area contributed by atoms with Crippen LogP contribution < -0.4 is 4.74 Å². The first kappa shape index (κ1) is 18.2. The zero-order valence-electron chi connectivity index (χ0n) is 15.9. The maximum atomic E-state index is 10.9. The topological polar surface area (TPSA) is 66.1 Å². The van der Waals surface area contributed by atoms with E-state index in [2.05, 4.69) is 38.9 Å². The van der Waals surface area contributed by atoms with Crippen molar-refractivity contribution in [3.05, 3.63) is 40.5 Å². The summed E-state index contributed by atoms with van der Waals surface area (Å²) in [5.74, 6) is 1.69. The van der Waals surface area contributed by atoms with Gasteiger partial charge in [-0.15, -0.1) is 5.10 Å². The minimum atomic E-state index is -0.0243. The Morgan fingerprint density at radius 3 is 2.48 bits per heavy atom. The number of thiazole rings is 1. The predicted molar refractivity (Wildman–Crippen MR) is 106 cm³/mol. The lowest BCUT2D eigenvalue weighted by Gasteiger charge is -2.38. The summed E-state index contributed by atoms with van der Waals surface area (Å²) in [5.41, 5.74) is 1.14. The van der Waals surface area contributed by atoms with Crippen molar-refractivity contribution in [1.29, 1.82) is 0 Å². The molecule has 27 heavy (non-hydrogen) atoms. The third-order valence-electron chi connectivity index (χ3n) is 5.20. The van der Waals surface area contributed by atoms with Crippen molar-refractivity contribution in [2.75, 3.05) is 39.8 Å². The van der Waals surface area contributed by atoms with E-state index in [1.54, 1.807) is 11.6 Å². The van der Waals surface area contributed by atoms with Crippen molar-refractivity contribution in [1.82, 2.24) is 24.4 Å². The highest BCUT2D eigenvalue weighted by Crippen LogP contribution is 2.40. The molecule has 1 N–H and O–H groups in total. The van der Waals surface area contributed by atoms with Crippen molar-refractivity contribution in [3.63, 3.8) is 0 Å². The van der Waals surface area contributed by atoms with Crippen LogP contribution in [0.15, 0.2) is 24.3 Å². The third kappa shape index (κ3) is 3.40. The fraction of sp³-hybridized carbons (Fsp3) is 0.474. The molecule has 144 valence electrons. The predicted octanol–water partition coefficient (Wildman–Crippen LogP) is 2.54. The van der Waals surface area contributed by atoms with Crippen LogP contribution in [0.2, 0.25) is 0 Å². The monoisotopic (exact) mass is 387 g/mol. The lowest BCUT2D eigenvalue weighted by atomic mass is 10.0. The Hall–Kier alpha value is -2.16. The summed E-state index contributed by atoms with van der Waals surface area (Å²) >= 11 is 1.51. The summed E-state index contributed by atoms with van der Waals surface area (Å²) in [6.45, 7) is 9.08. The number of methoxy groups -OCH3 is 1. The molecular weight excluding hydrogens is 362 g/mol. The van der Waals surface area contributed by atoms with Crippen molar-refractivity contribution in [3.8, 4) is 11.6 Å². The summed E-state index contributed by atoms with van der Waals surface area (Å²) in [6, 6.07) is 8.08. The maximum Gasteiger partial charge on any atom is 0.230 e. The van der Waals surface area contributed by atoms with Crippen molar-refractivity contribution in [2.24, 2.45) is 0 Å². The normalized spacial score (nSPS) is 17.4. The van der Waals surface area contributed by atoms with E-state index in [1.807, 2.05) is 19.1 Å². The molecule has 3 heterocycles. The fourth-order valence-electron chi connectivity index (χ4n) is 3.68. The molecule has 1 fully saturated rings. The van der Waals surface area contributed by atoms with E-state index in [0.717, 1.165) is 53.9 Å². The highest BCUT2D eigenvalue weighted by Gasteiger charge is 2.31. The first-order valence-electron chi connectivity index (χ1n) is 9.26. The van der Waals surface area contributed by atoms with Gasteiger partial charge in [-0.25, -0.2) is 4.98 Å². The van der Waals surface area contributed by atoms with E-state index >= 15 is 0 Å².